The Balaban J connectivity index is 2.41. The van der Waals surface area contributed by atoms with Gasteiger partial charge in [0, 0.05) is 27.2 Å². The molecule has 0 unspecified atom stereocenters. The summed E-state index contributed by atoms with van der Waals surface area (Å²) in [6.07, 6.45) is 11.9. The van der Waals surface area contributed by atoms with E-state index in [2.05, 4.69) is 12.6 Å². The van der Waals surface area contributed by atoms with Gasteiger partial charge in [0.1, 0.15) is 0 Å². The quantitative estimate of drug-likeness (QED) is 0.514. The molecule has 0 saturated carbocycles. The predicted octanol–water partition coefficient (Wildman–Crippen LogP) is 4.17. The molecule has 0 fully saturated rings. The number of allylic oxidation sites excluding steroid dienone is 8. The maximum absolute atomic E-state index is 12.5. The van der Waals surface area contributed by atoms with Gasteiger partial charge in [0.25, 0.3) is 0 Å². The lowest BCUT2D eigenvalue weighted by molar-refractivity contribution is 0.0984. The summed E-state index contributed by atoms with van der Waals surface area (Å²) in [6, 6.07) is 2.94. The van der Waals surface area contributed by atoms with Gasteiger partial charge in [0.15, 0.2) is 17.3 Å². The molecular weight excluding hydrogens is 308 g/mol. The third-order valence-corrected chi connectivity index (χ3v) is 3.75. The summed E-state index contributed by atoms with van der Waals surface area (Å²) in [6.45, 7) is 3.30. The Bertz CT molecular complexity index is 808. The molecule has 0 saturated heterocycles. The number of carbonyl (C=O) groups is 3. The SMILES string of the molecule is CC=CC=CC=CC1=CC(=O)c2cc(S)c(C(C)=O)cc2C1=O. The zero-order chi connectivity index (χ0) is 17.0. The molecule has 0 aliphatic heterocycles. The van der Waals surface area contributed by atoms with E-state index in [1.54, 1.807) is 18.2 Å². The van der Waals surface area contributed by atoms with Gasteiger partial charge in [-0.3, -0.25) is 14.4 Å². The van der Waals surface area contributed by atoms with E-state index >= 15 is 0 Å². The first-order valence-electron chi connectivity index (χ1n) is 7.10. The monoisotopic (exact) mass is 324 g/mol. The Labute approximate surface area is 140 Å². The molecule has 0 atom stereocenters. The fourth-order valence-electron chi connectivity index (χ4n) is 2.22. The van der Waals surface area contributed by atoms with Crippen molar-refractivity contribution in [2.45, 2.75) is 18.7 Å². The van der Waals surface area contributed by atoms with Crippen molar-refractivity contribution in [3.05, 3.63) is 76.9 Å². The highest BCUT2D eigenvalue weighted by Gasteiger charge is 2.26. The van der Waals surface area contributed by atoms with Crippen LogP contribution in [0, 0.1) is 0 Å². The minimum Gasteiger partial charge on any atom is -0.294 e. The number of Topliss-reactive ketones (excluding diaryl/α,β-unsaturated/α-hetero) is 2. The van der Waals surface area contributed by atoms with Crippen molar-refractivity contribution in [2.24, 2.45) is 0 Å². The van der Waals surface area contributed by atoms with Crippen LogP contribution in [-0.4, -0.2) is 17.3 Å². The van der Waals surface area contributed by atoms with Gasteiger partial charge >= 0.3 is 0 Å². The van der Waals surface area contributed by atoms with Crippen LogP contribution < -0.4 is 0 Å². The number of hydrogen-bond acceptors (Lipinski definition) is 4. The first kappa shape index (κ1) is 16.9. The molecule has 116 valence electrons. The van der Waals surface area contributed by atoms with Crippen LogP contribution >= 0.6 is 12.6 Å². The molecule has 0 N–H and O–H groups in total. The molecule has 0 aromatic heterocycles. The summed E-state index contributed by atoms with van der Waals surface area (Å²) in [4.78, 5) is 36.7. The minimum atomic E-state index is -0.272. The lowest BCUT2D eigenvalue weighted by Gasteiger charge is -2.15. The molecule has 1 aromatic rings. The average Bonchev–Trinajstić information content (AvgIpc) is 2.51. The molecule has 0 radical (unpaired) electrons. The Morgan fingerprint density at radius 1 is 1.04 bits per heavy atom. The number of ketones is 3. The summed E-state index contributed by atoms with van der Waals surface area (Å²) in [5.41, 5.74) is 1.17. The Hall–Kier alpha value is -2.46. The van der Waals surface area contributed by atoms with Crippen LogP contribution in [-0.2, 0) is 0 Å². The van der Waals surface area contributed by atoms with Crippen LogP contribution in [0.25, 0.3) is 0 Å². The lowest BCUT2D eigenvalue weighted by atomic mass is 9.87. The van der Waals surface area contributed by atoms with Crippen LogP contribution in [0.3, 0.4) is 0 Å². The highest BCUT2D eigenvalue weighted by molar-refractivity contribution is 7.80. The van der Waals surface area contributed by atoms with E-state index in [1.165, 1.54) is 25.1 Å². The number of fused-ring (bicyclic) bond motifs is 1. The molecule has 0 spiro atoms. The minimum absolute atomic E-state index is 0.195. The summed E-state index contributed by atoms with van der Waals surface area (Å²) in [5, 5.41) is 0. The first-order valence-corrected chi connectivity index (χ1v) is 7.55. The molecule has 2 rings (SSSR count). The molecule has 1 aliphatic carbocycles. The van der Waals surface area contributed by atoms with E-state index in [-0.39, 0.29) is 28.5 Å². The van der Waals surface area contributed by atoms with Gasteiger partial charge in [0.05, 0.1) is 0 Å². The molecule has 3 nitrogen and oxygen atoms in total. The molecule has 0 amide bonds. The van der Waals surface area contributed by atoms with Crippen molar-refractivity contribution >= 4 is 30.0 Å². The van der Waals surface area contributed by atoms with Gasteiger partial charge in [-0.2, -0.15) is 0 Å². The van der Waals surface area contributed by atoms with E-state index in [0.29, 0.717) is 16.0 Å². The fraction of sp³-hybridized carbons (Fsp3) is 0.105. The van der Waals surface area contributed by atoms with Crippen molar-refractivity contribution < 1.29 is 14.4 Å². The molecule has 0 heterocycles. The molecule has 1 aromatic carbocycles. The third kappa shape index (κ3) is 3.66. The molecule has 23 heavy (non-hydrogen) atoms. The maximum Gasteiger partial charge on any atom is 0.193 e. The average molecular weight is 324 g/mol. The van der Waals surface area contributed by atoms with Crippen LogP contribution in [0.2, 0.25) is 0 Å². The van der Waals surface area contributed by atoms with Gasteiger partial charge in [0.2, 0.25) is 0 Å². The van der Waals surface area contributed by atoms with Crippen molar-refractivity contribution in [1.29, 1.82) is 0 Å². The first-order chi connectivity index (χ1) is 11.0. The summed E-state index contributed by atoms with van der Waals surface area (Å²) in [7, 11) is 0. The molecule has 1 aliphatic rings. The standard InChI is InChI=1S/C19H16O3S/c1-3-4-5-6-7-8-13-9-17(21)15-11-18(23)14(12(2)20)10-16(15)19(13)22/h3-11,23H,1-2H3. The van der Waals surface area contributed by atoms with Gasteiger partial charge in [-0.1, -0.05) is 36.5 Å². The fourth-order valence-corrected chi connectivity index (χ4v) is 2.58. The van der Waals surface area contributed by atoms with Gasteiger partial charge in [-0.25, -0.2) is 0 Å². The Kier molecular flexibility index (Phi) is 5.29. The predicted molar refractivity (Wildman–Crippen MR) is 93.5 cm³/mol. The van der Waals surface area contributed by atoms with Crippen molar-refractivity contribution in [1.82, 2.24) is 0 Å². The Morgan fingerprint density at radius 3 is 2.39 bits per heavy atom. The number of thiol groups is 1. The normalized spacial score (nSPS) is 14.8. The molecule has 0 bridgehead atoms. The number of benzene rings is 1. The van der Waals surface area contributed by atoms with Crippen molar-refractivity contribution in [3.63, 3.8) is 0 Å². The Morgan fingerprint density at radius 2 is 1.74 bits per heavy atom. The number of rotatable bonds is 4. The lowest BCUT2D eigenvalue weighted by Crippen LogP contribution is -2.17. The van der Waals surface area contributed by atoms with E-state index in [1.807, 2.05) is 25.2 Å². The van der Waals surface area contributed by atoms with Gasteiger partial charge in [-0.05, 0) is 32.1 Å². The third-order valence-electron chi connectivity index (χ3n) is 3.38. The second-order valence-corrected chi connectivity index (χ2v) is 5.52. The zero-order valence-corrected chi connectivity index (χ0v) is 13.8. The van der Waals surface area contributed by atoms with Crippen LogP contribution in [0.5, 0.6) is 0 Å². The van der Waals surface area contributed by atoms with Crippen molar-refractivity contribution in [3.8, 4) is 0 Å². The maximum atomic E-state index is 12.5. The second kappa shape index (κ2) is 7.20. The smallest absolute Gasteiger partial charge is 0.193 e. The van der Waals surface area contributed by atoms with Gasteiger partial charge < -0.3 is 0 Å². The van der Waals surface area contributed by atoms with Crippen LogP contribution in [0.15, 0.2) is 65.1 Å². The second-order valence-electron chi connectivity index (χ2n) is 5.03. The highest BCUT2D eigenvalue weighted by atomic mass is 32.1. The zero-order valence-electron chi connectivity index (χ0n) is 12.9. The van der Waals surface area contributed by atoms with Crippen LogP contribution in [0.4, 0.5) is 0 Å². The molecule has 4 heteroatoms. The summed E-state index contributed by atoms with van der Waals surface area (Å²) >= 11 is 4.22. The highest BCUT2D eigenvalue weighted by Crippen LogP contribution is 2.27. The summed E-state index contributed by atoms with van der Waals surface area (Å²) in [5.74, 6) is -0.729. The van der Waals surface area contributed by atoms with Gasteiger partial charge in [-0.15, -0.1) is 12.6 Å². The van der Waals surface area contributed by atoms with E-state index < -0.39 is 0 Å². The molecular formula is C19H16O3S. The van der Waals surface area contributed by atoms with E-state index in [0.717, 1.165) is 0 Å². The number of hydrogen-bond donors (Lipinski definition) is 1. The van der Waals surface area contributed by atoms with E-state index in [4.69, 9.17) is 0 Å². The topological polar surface area (TPSA) is 51.2 Å². The largest absolute Gasteiger partial charge is 0.294 e. The van der Waals surface area contributed by atoms with E-state index in [9.17, 15) is 14.4 Å². The van der Waals surface area contributed by atoms with Crippen LogP contribution in [0.1, 0.15) is 44.9 Å². The van der Waals surface area contributed by atoms with Crippen molar-refractivity contribution in [2.75, 3.05) is 0 Å². The number of carbonyl (C=O) groups excluding carboxylic acids is 3. The summed E-state index contributed by atoms with van der Waals surface area (Å²) < 4.78 is 0.